The van der Waals surface area contributed by atoms with Gasteiger partial charge in [-0.25, -0.2) is 0 Å². The van der Waals surface area contributed by atoms with E-state index >= 15 is 0 Å². The van der Waals surface area contributed by atoms with Gasteiger partial charge >= 0.3 is 0 Å². The van der Waals surface area contributed by atoms with Crippen LogP contribution in [0.3, 0.4) is 0 Å². The first-order chi connectivity index (χ1) is 6.63. The molecule has 0 aliphatic heterocycles. The van der Waals surface area contributed by atoms with E-state index in [1.807, 2.05) is 12.1 Å². The molecule has 0 fully saturated rings. The largest absolute Gasteiger partial charge is 0.310 e. The van der Waals surface area contributed by atoms with Crippen LogP contribution in [0, 0.1) is 6.92 Å². The predicted octanol–water partition coefficient (Wildman–Crippen LogP) is 3.54. The molecule has 0 saturated carbocycles. The molecule has 1 atom stereocenters. The van der Waals surface area contributed by atoms with Crippen LogP contribution in [0.1, 0.15) is 31.4 Å². The van der Waals surface area contributed by atoms with E-state index in [0.717, 1.165) is 18.0 Å². The van der Waals surface area contributed by atoms with Crippen molar-refractivity contribution in [1.82, 2.24) is 5.32 Å². The third kappa shape index (κ3) is 3.32. The lowest BCUT2D eigenvalue weighted by atomic mass is 10.1. The van der Waals surface area contributed by atoms with Crippen LogP contribution in [-0.2, 0) is 6.54 Å². The van der Waals surface area contributed by atoms with E-state index in [4.69, 9.17) is 11.6 Å². The fraction of sp³-hybridized carbons (Fsp3) is 0.500. The van der Waals surface area contributed by atoms with Gasteiger partial charge in [0.1, 0.15) is 0 Å². The number of benzene rings is 1. The van der Waals surface area contributed by atoms with Gasteiger partial charge in [0, 0.05) is 17.6 Å². The zero-order valence-corrected chi connectivity index (χ0v) is 9.86. The van der Waals surface area contributed by atoms with Gasteiger partial charge in [0.2, 0.25) is 0 Å². The molecule has 0 spiro atoms. The van der Waals surface area contributed by atoms with Gasteiger partial charge < -0.3 is 5.32 Å². The second-order valence-corrected chi connectivity index (χ2v) is 4.20. The Bertz CT molecular complexity index is 296. The molecule has 0 radical (unpaired) electrons. The second-order valence-electron chi connectivity index (χ2n) is 3.76. The molecular formula is C12H18ClN. The van der Waals surface area contributed by atoms with Crippen LogP contribution in [0.25, 0.3) is 0 Å². The van der Waals surface area contributed by atoms with Crippen LogP contribution in [0.5, 0.6) is 0 Å². The summed E-state index contributed by atoms with van der Waals surface area (Å²) in [6.45, 7) is 7.41. The van der Waals surface area contributed by atoms with Crippen LogP contribution in [0.2, 0.25) is 5.02 Å². The molecule has 0 saturated heterocycles. The molecule has 0 heterocycles. The topological polar surface area (TPSA) is 12.0 Å². The minimum Gasteiger partial charge on any atom is -0.310 e. The lowest BCUT2D eigenvalue weighted by Crippen LogP contribution is -2.24. The van der Waals surface area contributed by atoms with E-state index in [1.54, 1.807) is 0 Å². The SMILES string of the molecule is CCC(C)NCc1ccc(Cl)cc1C. The van der Waals surface area contributed by atoms with Gasteiger partial charge in [0.15, 0.2) is 0 Å². The summed E-state index contributed by atoms with van der Waals surface area (Å²) in [6.07, 6.45) is 1.16. The Morgan fingerprint density at radius 3 is 2.71 bits per heavy atom. The highest BCUT2D eigenvalue weighted by molar-refractivity contribution is 6.30. The van der Waals surface area contributed by atoms with Crippen molar-refractivity contribution in [3.05, 3.63) is 34.3 Å². The molecule has 1 N–H and O–H groups in total. The monoisotopic (exact) mass is 211 g/mol. The zero-order valence-electron chi connectivity index (χ0n) is 9.10. The zero-order chi connectivity index (χ0) is 10.6. The highest BCUT2D eigenvalue weighted by atomic mass is 35.5. The molecule has 1 aromatic carbocycles. The maximum Gasteiger partial charge on any atom is 0.0408 e. The molecule has 0 aliphatic carbocycles. The number of aryl methyl sites for hydroxylation is 1. The van der Waals surface area contributed by atoms with E-state index in [-0.39, 0.29) is 0 Å². The number of rotatable bonds is 4. The Labute approximate surface area is 91.5 Å². The van der Waals surface area contributed by atoms with Crippen molar-refractivity contribution in [2.45, 2.75) is 39.8 Å². The third-order valence-electron chi connectivity index (χ3n) is 2.56. The van der Waals surface area contributed by atoms with E-state index in [1.165, 1.54) is 11.1 Å². The summed E-state index contributed by atoms with van der Waals surface area (Å²) in [6, 6.07) is 6.62. The van der Waals surface area contributed by atoms with Crippen molar-refractivity contribution >= 4 is 11.6 Å². The summed E-state index contributed by atoms with van der Waals surface area (Å²) in [5, 5.41) is 4.28. The van der Waals surface area contributed by atoms with Gasteiger partial charge in [-0.05, 0) is 43.5 Å². The smallest absolute Gasteiger partial charge is 0.0408 e. The number of nitrogens with one attached hydrogen (secondary N) is 1. The molecule has 1 rings (SSSR count). The number of hydrogen-bond acceptors (Lipinski definition) is 1. The Morgan fingerprint density at radius 2 is 2.14 bits per heavy atom. The first kappa shape index (κ1) is 11.5. The molecule has 0 aromatic heterocycles. The van der Waals surface area contributed by atoms with Crippen LogP contribution in [0.15, 0.2) is 18.2 Å². The lowest BCUT2D eigenvalue weighted by molar-refractivity contribution is 0.533. The molecule has 14 heavy (non-hydrogen) atoms. The summed E-state index contributed by atoms with van der Waals surface area (Å²) in [4.78, 5) is 0. The van der Waals surface area contributed by atoms with E-state index in [9.17, 15) is 0 Å². The molecule has 0 aliphatic rings. The van der Waals surface area contributed by atoms with Gasteiger partial charge in [0.05, 0.1) is 0 Å². The summed E-state index contributed by atoms with van der Waals surface area (Å²) in [5.41, 5.74) is 2.59. The predicted molar refractivity (Wildman–Crippen MR) is 62.8 cm³/mol. The van der Waals surface area contributed by atoms with E-state index in [2.05, 4.69) is 32.2 Å². The summed E-state index contributed by atoms with van der Waals surface area (Å²) >= 11 is 5.89. The first-order valence-corrected chi connectivity index (χ1v) is 5.49. The van der Waals surface area contributed by atoms with Crippen molar-refractivity contribution in [2.24, 2.45) is 0 Å². The highest BCUT2D eigenvalue weighted by Crippen LogP contribution is 2.15. The van der Waals surface area contributed by atoms with Crippen LogP contribution in [-0.4, -0.2) is 6.04 Å². The molecule has 0 amide bonds. The maximum absolute atomic E-state index is 5.89. The highest BCUT2D eigenvalue weighted by Gasteiger charge is 2.01. The molecular weight excluding hydrogens is 194 g/mol. The third-order valence-corrected chi connectivity index (χ3v) is 2.79. The molecule has 1 unspecified atom stereocenters. The Morgan fingerprint density at radius 1 is 1.43 bits per heavy atom. The van der Waals surface area contributed by atoms with Gasteiger partial charge in [-0.3, -0.25) is 0 Å². The molecule has 0 bridgehead atoms. The summed E-state index contributed by atoms with van der Waals surface area (Å²) in [7, 11) is 0. The van der Waals surface area contributed by atoms with E-state index in [0.29, 0.717) is 6.04 Å². The fourth-order valence-electron chi connectivity index (χ4n) is 1.29. The van der Waals surface area contributed by atoms with Crippen LogP contribution < -0.4 is 5.32 Å². The average molecular weight is 212 g/mol. The Hall–Kier alpha value is -0.530. The minimum absolute atomic E-state index is 0.574. The minimum atomic E-state index is 0.574. The molecule has 1 nitrogen and oxygen atoms in total. The van der Waals surface area contributed by atoms with Gasteiger partial charge in [-0.2, -0.15) is 0 Å². The summed E-state index contributed by atoms with van der Waals surface area (Å²) < 4.78 is 0. The molecule has 78 valence electrons. The van der Waals surface area contributed by atoms with Crippen molar-refractivity contribution < 1.29 is 0 Å². The fourth-order valence-corrected chi connectivity index (χ4v) is 1.51. The number of hydrogen-bond donors (Lipinski definition) is 1. The van der Waals surface area contributed by atoms with Gasteiger partial charge in [0.25, 0.3) is 0 Å². The van der Waals surface area contributed by atoms with Crippen molar-refractivity contribution in [3.8, 4) is 0 Å². The number of halogens is 1. The Balaban J connectivity index is 2.59. The molecule has 1 aromatic rings. The van der Waals surface area contributed by atoms with Crippen LogP contribution in [0.4, 0.5) is 0 Å². The average Bonchev–Trinajstić information content (AvgIpc) is 2.16. The van der Waals surface area contributed by atoms with Gasteiger partial charge in [-0.15, -0.1) is 0 Å². The van der Waals surface area contributed by atoms with Gasteiger partial charge in [-0.1, -0.05) is 24.6 Å². The van der Waals surface area contributed by atoms with Crippen LogP contribution >= 0.6 is 11.6 Å². The lowest BCUT2D eigenvalue weighted by Gasteiger charge is -2.12. The molecule has 2 heteroatoms. The van der Waals surface area contributed by atoms with E-state index < -0.39 is 0 Å². The maximum atomic E-state index is 5.89. The first-order valence-electron chi connectivity index (χ1n) is 5.12. The normalized spacial score (nSPS) is 12.9. The second kappa shape index (κ2) is 5.38. The van der Waals surface area contributed by atoms with Crippen molar-refractivity contribution in [3.63, 3.8) is 0 Å². The summed E-state index contributed by atoms with van der Waals surface area (Å²) in [5.74, 6) is 0. The van der Waals surface area contributed by atoms with Crippen molar-refractivity contribution in [2.75, 3.05) is 0 Å². The van der Waals surface area contributed by atoms with Crippen molar-refractivity contribution in [1.29, 1.82) is 0 Å². The Kier molecular flexibility index (Phi) is 4.43. The standard InChI is InChI=1S/C12H18ClN/c1-4-10(3)14-8-11-5-6-12(13)7-9(11)2/h5-7,10,14H,4,8H2,1-3H3. The quantitative estimate of drug-likeness (QED) is 0.804.